The van der Waals surface area contributed by atoms with Gasteiger partial charge < -0.3 is 25.0 Å². The van der Waals surface area contributed by atoms with E-state index in [1.54, 1.807) is 7.05 Å². The van der Waals surface area contributed by atoms with E-state index in [1.165, 1.54) is 22.9 Å². The molecule has 1 aromatic rings. The molecule has 1 aliphatic heterocycles. The number of hydrogen-bond acceptors (Lipinski definition) is 5. The second kappa shape index (κ2) is 8.01. The molecule has 2 aliphatic rings. The van der Waals surface area contributed by atoms with Gasteiger partial charge in [0.25, 0.3) is 5.91 Å². The van der Waals surface area contributed by atoms with Gasteiger partial charge in [0.2, 0.25) is 11.5 Å². The van der Waals surface area contributed by atoms with Crippen LogP contribution in [-0.4, -0.2) is 52.9 Å². The van der Waals surface area contributed by atoms with E-state index in [0.717, 1.165) is 12.8 Å². The quantitative estimate of drug-likeness (QED) is 0.671. The van der Waals surface area contributed by atoms with E-state index in [0.29, 0.717) is 31.6 Å². The van der Waals surface area contributed by atoms with E-state index in [2.05, 4.69) is 10.6 Å². The molecule has 1 saturated heterocycles. The summed E-state index contributed by atoms with van der Waals surface area (Å²) in [6, 6.07) is 2.41. The Morgan fingerprint density at radius 1 is 1.19 bits per heavy atom. The lowest BCUT2D eigenvalue weighted by Crippen LogP contribution is -2.42. The fourth-order valence-electron chi connectivity index (χ4n) is 3.53. The first-order valence-corrected chi connectivity index (χ1v) is 8.98. The average Bonchev–Trinajstić information content (AvgIpc) is 2.99. The summed E-state index contributed by atoms with van der Waals surface area (Å²) in [6.45, 7) is 1.30. The molecular formula is C18H25N3O5. The van der Waals surface area contributed by atoms with Crippen molar-refractivity contribution in [2.24, 2.45) is 13.0 Å². The Balaban J connectivity index is 1.56. The Kier molecular flexibility index (Phi) is 5.73. The number of rotatable bonds is 4. The van der Waals surface area contributed by atoms with Gasteiger partial charge in [-0.2, -0.15) is 0 Å². The Bertz CT molecular complexity index is 726. The Labute approximate surface area is 151 Å². The van der Waals surface area contributed by atoms with Crippen molar-refractivity contribution in [3.05, 3.63) is 34.2 Å². The average molecular weight is 363 g/mol. The number of aromatic nitrogens is 1. The van der Waals surface area contributed by atoms with Gasteiger partial charge in [-0.05, 0) is 31.7 Å². The van der Waals surface area contributed by atoms with Crippen molar-refractivity contribution in [2.75, 3.05) is 13.2 Å². The van der Waals surface area contributed by atoms with Gasteiger partial charge in [0, 0.05) is 44.5 Å². The maximum absolute atomic E-state index is 12.4. The maximum atomic E-state index is 12.4. The van der Waals surface area contributed by atoms with Crippen LogP contribution in [0, 0.1) is 5.92 Å². The van der Waals surface area contributed by atoms with E-state index in [1.807, 2.05) is 0 Å². The van der Waals surface area contributed by atoms with E-state index < -0.39 is 12.1 Å². The van der Waals surface area contributed by atoms with Crippen LogP contribution < -0.4 is 16.2 Å². The minimum absolute atomic E-state index is 0.0743. The highest BCUT2D eigenvalue weighted by Crippen LogP contribution is 2.27. The Morgan fingerprint density at radius 2 is 1.92 bits per heavy atom. The number of carbonyl (C=O) groups is 2. The van der Waals surface area contributed by atoms with Gasteiger partial charge in [-0.1, -0.05) is 0 Å². The van der Waals surface area contributed by atoms with Crippen molar-refractivity contribution in [1.29, 1.82) is 0 Å². The largest absolute Gasteiger partial charge is 0.391 e. The Hall–Kier alpha value is -2.19. The smallest absolute Gasteiger partial charge is 0.253 e. The molecule has 3 N–H and O–H groups in total. The van der Waals surface area contributed by atoms with Crippen LogP contribution in [0.1, 0.15) is 36.0 Å². The minimum atomic E-state index is -0.767. The standard InChI is InChI=1S/C18H25N3O5/c1-21-10-11(2-3-16(21)23)17(24)20-14-8-12(9-15(14)22)18(25)19-13-4-6-26-7-5-13/h2-3,10,12-15,22H,4-9H2,1H3,(H,19,25)(H,20,24)/t12-,14+,15+/m0/s1. The third-order valence-electron chi connectivity index (χ3n) is 5.13. The second-order valence-corrected chi connectivity index (χ2v) is 7.08. The number of amides is 2. The summed E-state index contributed by atoms with van der Waals surface area (Å²) >= 11 is 0. The van der Waals surface area contributed by atoms with Crippen molar-refractivity contribution in [2.45, 2.75) is 43.9 Å². The van der Waals surface area contributed by atoms with Crippen LogP contribution in [0.25, 0.3) is 0 Å². The van der Waals surface area contributed by atoms with E-state index in [4.69, 9.17) is 4.74 Å². The maximum Gasteiger partial charge on any atom is 0.253 e. The first-order chi connectivity index (χ1) is 12.4. The molecule has 0 unspecified atom stereocenters. The molecule has 0 spiro atoms. The monoisotopic (exact) mass is 363 g/mol. The number of aryl methyl sites for hydroxylation is 1. The van der Waals surface area contributed by atoms with Gasteiger partial charge in [-0.3, -0.25) is 14.4 Å². The highest BCUT2D eigenvalue weighted by molar-refractivity contribution is 5.94. The van der Waals surface area contributed by atoms with Gasteiger partial charge in [-0.25, -0.2) is 0 Å². The number of aliphatic hydroxyl groups is 1. The van der Waals surface area contributed by atoms with Crippen molar-refractivity contribution in [3.63, 3.8) is 0 Å². The van der Waals surface area contributed by atoms with E-state index in [-0.39, 0.29) is 29.3 Å². The van der Waals surface area contributed by atoms with Crippen LogP contribution in [0.3, 0.4) is 0 Å². The number of nitrogens with zero attached hydrogens (tertiary/aromatic N) is 1. The fraction of sp³-hybridized carbons (Fsp3) is 0.611. The molecule has 8 heteroatoms. The van der Waals surface area contributed by atoms with Gasteiger partial charge in [0.15, 0.2) is 0 Å². The minimum Gasteiger partial charge on any atom is -0.391 e. The number of nitrogens with one attached hydrogen (secondary N) is 2. The lowest BCUT2D eigenvalue weighted by molar-refractivity contribution is -0.126. The van der Waals surface area contributed by atoms with Crippen molar-refractivity contribution >= 4 is 11.8 Å². The van der Waals surface area contributed by atoms with Gasteiger partial charge in [-0.15, -0.1) is 0 Å². The molecule has 26 heavy (non-hydrogen) atoms. The van der Waals surface area contributed by atoms with Crippen molar-refractivity contribution < 1.29 is 19.4 Å². The predicted molar refractivity (Wildman–Crippen MR) is 93.7 cm³/mol. The molecule has 0 aromatic carbocycles. The molecule has 1 aliphatic carbocycles. The van der Waals surface area contributed by atoms with E-state index >= 15 is 0 Å². The summed E-state index contributed by atoms with van der Waals surface area (Å²) in [5.74, 6) is -0.761. The van der Waals surface area contributed by atoms with Gasteiger partial charge in [0.1, 0.15) is 0 Å². The summed E-state index contributed by atoms with van der Waals surface area (Å²) < 4.78 is 6.61. The topological polar surface area (TPSA) is 110 Å². The summed E-state index contributed by atoms with van der Waals surface area (Å²) in [5, 5.41) is 16.0. The molecule has 0 radical (unpaired) electrons. The molecule has 1 saturated carbocycles. The van der Waals surface area contributed by atoms with E-state index in [9.17, 15) is 19.5 Å². The number of ether oxygens (including phenoxy) is 1. The molecular weight excluding hydrogens is 338 g/mol. The molecule has 2 amide bonds. The van der Waals surface area contributed by atoms with Crippen LogP contribution in [0.2, 0.25) is 0 Å². The van der Waals surface area contributed by atoms with Crippen LogP contribution in [0.5, 0.6) is 0 Å². The first kappa shape index (κ1) is 18.6. The lowest BCUT2D eigenvalue weighted by Gasteiger charge is -2.24. The second-order valence-electron chi connectivity index (χ2n) is 7.08. The number of pyridine rings is 1. The summed E-state index contributed by atoms with van der Waals surface area (Å²) in [4.78, 5) is 36.2. The normalized spacial score (nSPS) is 26.5. The molecule has 2 heterocycles. The zero-order valence-electron chi connectivity index (χ0n) is 14.8. The van der Waals surface area contributed by atoms with Crippen molar-refractivity contribution in [1.82, 2.24) is 15.2 Å². The van der Waals surface area contributed by atoms with Crippen LogP contribution in [-0.2, 0) is 16.6 Å². The molecule has 0 bridgehead atoms. The highest BCUT2D eigenvalue weighted by atomic mass is 16.5. The third-order valence-corrected chi connectivity index (χ3v) is 5.13. The number of hydrogen-bond donors (Lipinski definition) is 3. The molecule has 1 aromatic heterocycles. The fourth-order valence-corrected chi connectivity index (χ4v) is 3.53. The highest BCUT2D eigenvalue weighted by Gasteiger charge is 2.38. The summed E-state index contributed by atoms with van der Waals surface area (Å²) in [6.07, 6.45) is 3.01. The molecule has 3 atom stereocenters. The molecule has 142 valence electrons. The zero-order valence-corrected chi connectivity index (χ0v) is 14.8. The molecule has 3 rings (SSSR count). The Morgan fingerprint density at radius 3 is 2.62 bits per heavy atom. The van der Waals surface area contributed by atoms with Crippen molar-refractivity contribution in [3.8, 4) is 0 Å². The summed E-state index contributed by atoms with van der Waals surface area (Å²) in [5.41, 5.74) is 0.140. The van der Waals surface area contributed by atoms with Crippen LogP contribution in [0.15, 0.2) is 23.1 Å². The molecule has 2 fully saturated rings. The first-order valence-electron chi connectivity index (χ1n) is 8.98. The zero-order chi connectivity index (χ0) is 18.7. The molecule has 8 nitrogen and oxygen atoms in total. The number of carbonyl (C=O) groups excluding carboxylic acids is 2. The SMILES string of the molecule is Cn1cc(C(=O)N[C@@H]2C[C@H](C(=O)NC3CCOCC3)C[C@H]2O)ccc1=O. The van der Waals surface area contributed by atoms with Crippen LogP contribution >= 0.6 is 0 Å². The van der Waals surface area contributed by atoms with Gasteiger partial charge >= 0.3 is 0 Å². The third kappa shape index (κ3) is 4.31. The van der Waals surface area contributed by atoms with Crippen LogP contribution in [0.4, 0.5) is 0 Å². The lowest BCUT2D eigenvalue weighted by atomic mass is 10.0. The summed E-state index contributed by atoms with van der Waals surface area (Å²) in [7, 11) is 1.57. The predicted octanol–water partition coefficient (Wildman–Crippen LogP) is -0.450. The number of aliphatic hydroxyl groups excluding tert-OH is 1. The van der Waals surface area contributed by atoms with Gasteiger partial charge in [0.05, 0.1) is 17.7 Å².